The van der Waals surface area contributed by atoms with Crippen LogP contribution in [-0.2, 0) is 9.53 Å². The van der Waals surface area contributed by atoms with Crippen LogP contribution in [0, 0.1) is 0 Å². The van der Waals surface area contributed by atoms with Gasteiger partial charge in [-0.25, -0.2) is 0 Å². The van der Waals surface area contributed by atoms with Gasteiger partial charge in [-0.2, -0.15) is 0 Å². The van der Waals surface area contributed by atoms with Gasteiger partial charge in [0.25, 0.3) is 0 Å². The first-order valence-corrected chi connectivity index (χ1v) is 7.31. The second kappa shape index (κ2) is 8.51. The van der Waals surface area contributed by atoms with Crippen molar-refractivity contribution in [2.45, 2.75) is 50.7 Å². The number of hydrogen-bond acceptors (Lipinski definition) is 4. The third kappa shape index (κ3) is 5.47. The van der Waals surface area contributed by atoms with Gasteiger partial charge in [-0.3, -0.25) is 10.1 Å². The van der Waals surface area contributed by atoms with Crippen molar-refractivity contribution in [1.82, 2.24) is 10.2 Å². The maximum atomic E-state index is 11.8. The molecule has 0 radical (unpaired) electrons. The number of amides is 1. The molecule has 5 heteroatoms. The second-order valence-corrected chi connectivity index (χ2v) is 5.30. The summed E-state index contributed by atoms with van der Waals surface area (Å²) in [5.41, 5.74) is -0.220. The fourth-order valence-electron chi connectivity index (χ4n) is 2.55. The van der Waals surface area contributed by atoms with E-state index in [1.54, 1.807) is 11.9 Å². The van der Waals surface area contributed by atoms with Crippen LogP contribution in [-0.4, -0.2) is 55.5 Å². The summed E-state index contributed by atoms with van der Waals surface area (Å²) >= 11 is 0. The fraction of sp³-hybridized carbons (Fsp3) is 0.929. The Morgan fingerprint density at radius 2 is 2.05 bits per heavy atom. The van der Waals surface area contributed by atoms with Gasteiger partial charge in [0.2, 0.25) is 5.91 Å². The van der Waals surface area contributed by atoms with Crippen molar-refractivity contribution in [1.29, 1.82) is 0 Å². The van der Waals surface area contributed by atoms with E-state index in [4.69, 9.17) is 9.84 Å². The van der Waals surface area contributed by atoms with Crippen molar-refractivity contribution in [3.05, 3.63) is 0 Å². The molecular formula is C14H28N2O3. The fourth-order valence-corrected chi connectivity index (χ4v) is 2.55. The minimum Gasteiger partial charge on any atom is -0.396 e. The number of carbonyl (C=O) groups excluding carboxylic acids is 1. The predicted molar refractivity (Wildman–Crippen MR) is 74.8 cm³/mol. The Hall–Kier alpha value is -0.650. The lowest BCUT2D eigenvalue weighted by Crippen LogP contribution is -2.47. The van der Waals surface area contributed by atoms with Crippen LogP contribution in [0.5, 0.6) is 0 Å². The molecule has 0 spiro atoms. The predicted octanol–water partition coefficient (Wildman–Crippen LogP) is 1.11. The second-order valence-electron chi connectivity index (χ2n) is 5.30. The van der Waals surface area contributed by atoms with Crippen molar-refractivity contribution in [3.8, 4) is 0 Å². The van der Waals surface area contributed by atoms with Crippen molar-refractivity contribution < 1.29 is 14.6 Å². The number of hydrogen-bond donors (Lipinski definition) is 2. The highest BCUT2D eigenvalue weighted by atomic mass is 16.5. The molecule has 1 rings (SSSR count). The largest absolute Gasteiger partial charge is 0.396 e. The third-order valence-corrected chi connectivity index (χ3v) is 3.89. The van der Waals surface area contributed by atoms with Crippen molar-refractivity contribution >= 4 is 5.91 Å². The van der Waals surface area contributed by atoms with Gasteiger partial charge in [-0.15, -0.1) is 0 Å². The summed E-state index contributed by atoms with van der Waals surface area (Å²) in [4.78, 5) is 13.5. The van der Waals surface area contributed by atoms with Gasteiger partial charge in [0.1, 0.15) is 5.72 Å². The first-order valence-electron chi connectivity index (χ1n) is 7.31. The van der Waals surface area contributed by atoms with Crippen molar-refractivity contribution in [2.24, 2.45) is 0 Å². The Morgan fingerprint density at radius 1 is 1.37 bits per heavy atom. The van der Waals surface area contributed by atoms with E-state index in [9.17, 15) is 4.79 Å². The lowest BCUT2D eigenvalue weighted by Gasteiger charge is -2.37. The van der Waals surface area contributed by atoms with Gasteiger partial charge < -0.3 is 14.7 Å². The van der Waals surface area contributed by atoms with Gasteiger partial charge in [0.05, 0.1) is 13.0 Å². The van der Waals surface area contributed by atoms with Gasteiger partial charge in [-0.05, 0) is 39.2 Å². The number of rotatable bonds is 8. The van der Waals surface area contributed by atoms with Crippen LogP contribution in [0.15, 0.2) is 0 Å². The molecule has 0 aliphatic heterocycles. The molecule has 1 fully saturated rings. The van der Waals surface area contributed by atoms with E-state index in [1.807, 2.05) is 7.05 Å². The smallest absolute Gasteiger partial charge is 0.224 e. The minimum absolute atomic E-state index is 0.0792. The molecule has 19 heavy (non-hydrogen) atoms. The Morgan fingerprint density at radius 3 is 2.63 bits per heavy atom. The summed E-state index contributed by atoms with van der Waals surface area (Å²) in [6, 6.07) is 0. The average molecular weight is 272 g/mol. The first kappa shape index (κ1) is 16.4. The Balaban J connectivity index is 2.26. The van der Waals surface area contributed by atoms with E-state index in [0.717, 1.165) is 12.8 Å². The molecule has 0 atom stereocenters. The zero-order valence-corrected chi connectivity index (χ0v) is 12.3. The van der Waals surface area contributed by atoms with Crippen molar-refractivity contribution in [2.75, 3.05) is 33.9 Å². The molecule has 0 bridgehead atoms. The van der Waals surface area contributed by atoms with Gasteiger partial charge >= 0.3 is 0 Å². The zero-order valence-electron chi connectivity index (χ0n) is 12.3. The first-order chi connectivity index (χ1) is 9.13. The topological polar surface area (TPSA) is 61.8 Å². The van der Waals surface area contributed by atoms with Crippen LogP contribution < -0.4 is 5.32 Å². The maximum absolute atomic E-state index is 11.8. The summed E-state index contributed by atoms with van der Waals surface area (Å²) in [6.45, 7) is 1.19. The highest BCUT2D eigenvalue weighted by Crippen LogP contribution is 2.28. The molecule has 0 saturated heterocycles. The molecule has 0 unspecified atom stereocenters. The highest BCUT2D eigenvalue weighted by Gasteiger charge is 2.31. The Kier molecular flexibility index (Phi) is 7.34. The summed E-state index contributed by atoms with van der Waals surface area (Å²) < 4.78 is 5.94. The molecular weight excluding hydrogens is 244 g/mol. The summed E-state index contributed by atoms with van der Waals surface area (Å²) in [7, 11) is 3.70. The molecule has 0 aromatic rings. The molecule has 2 N–H and O–H groups in total. The lowest BCUT2D eigenvalue weighted by molar-refractivity contribution is -0.135. The molecule has 1 aliphatic rings. The minimum atomic E-state index is -0.220. The number of carbonyl (C=O) groups is 1. The van der Waals surface area contributed by atoms with E-state index in [-0.39, 0.29) is 18.2 Å². The summed E-state index contributed by atoms with van der Waals surface area (Å²) in [5, 5.41) is 12.0. The van der Waals surface area contributed by atoms with Crippen molar-refractivity contribution in [3.63, 3.8) is 0 Å². The standard InChI is InChI=1S/C14H28N2O3/c1-15-14(8-4-3-5-9-14)19-12-7-13(18)16(2)10-6-11-17/h15,17H,3-12H2,1-2H3. The molecule has 0 aromatic heterocycles. The third-order valence-electron chi connectivity index (χ3n) is 3.89. The average Bonchev–Trinajstić information content (AvgIpc) is 2.45. The molecule has 1 aliphatic carbocycles. The monoisotopic (exact) mass is 272 g/mol. The van der Waals surface area contributed by atoms with E-state index in [0.29, 0.717) is 26.0 Å². The molecule has 112 valence electrons. The van der Waals surface area contributed by atoms with Crippen LogP contribution >= 0.6 is 0 Å². The number of aliphatic hydroxyl groups is 1. The summed E-state index contributed by atoms with van der Waals surface area (Å²) in [5.74, 6) is 0.0792. The van der Waals surface area contributed by atoms with Crippen LogP contribution in [0.1, 0.15) is 44.9 Å². The Labute approximate surface area is 116 Å². The number of nitrogens with one attached hydrogen (secondary N) is 1. The van der Waals surface area contributed by atoms with E-state index < -0.39 is 0 Å². The SMILES string of the molecule is CNC1(OCCC(=O)N(C)CCCO)CCCCC1. The molecule has 0 aromatic carbocycles. The van der Waals surface area contributed by atoms with Gasteiger partial charge in [0, 0.05) is 20.2 Å². The van der Waals surface area contributed by atoms with Crippen LogP contribution in [0.3, 0.4) is 0 Å². The number of ether oxygens (including phenoxy) is 1. The van der Waals surface area contributed by atoms with Gasteiger partial charge in [0.15, 0.2) is 0 Å². The number of nitrogens with zero attached hydrogens (tertiary/aromatic N) is 1. The molecule has 1 amide bonds. The van der Waals surface area contributed by atoms with Gasteiger partial charge in [-0.1, -0.05) is 6.42 Å². The van der Waals surface area contributed by atoms with E-state index >= 15 is 0 Å². The lowest BCUT2D eigenvalue weighted by atomic mass is 9.91. The maximum Gasteiger partial charge on any atom is 0.224 e. The number of aliphatic hydroxyl groups excluding tert-OH is 1. The van der Waals surface area contributed by atoms with Crippen LogP contribution in [0.25, 0.3) is 0 Å². The molecule has 5 nitrogen and oxygen atoms in total. The molecule has 0 heterocycles. The van der Waals surface area contributed by atoms with E-state index in [1.165, 1.54) is 19.3 Å². The van der Waals surface area contributed by atoms with E-state index in [2.05, 4.69) is 5.32 Å². The quantitative estimate of drug-likeness (QED) is 0.650. The Bertz CT molecular complexity index is 265. The van der Waals surface area contributed by atoms with Crippen LogP contribution in [0.4, 0.5) is 0 Å². The molecule has 1 saturated carbocycles. The normalized spacial score (nSPS) is 18.3. The zero-order chi connectivity index (χ0) is 14.1. The van der Waals surface area contributed by atoms with Crippen LogP contribution in [0.2, 0.25) is 0 Å². The summed E-state index contributed by atoms with van der Waals surface area (Å²) in [6.07, 6.45) is 6.73. The highest BCUT2D eigenvalue weighted by molar-refractivity contribution is 5.75.